The molecule has 0 saturated carbocycles. The van der Waals surface area contributed by atoms with Gasteiger partial charge in [-0.05, 0) is 29.8 Å². The van der Waals surface area contributed by atoms with E-state index in [1.807, 2.05) is 6.07 Å². The number of aliphatic hydroxyl groups is 1. The summed E-state index contributed by atoms with van der Waals surface area (Å²) >= 11 is 0. The summed E-state index contributed by atoms with van der Waals surface area (Å²) in [5.74, 6) is 1.14. The first-order valence-electron chi connectivity index (χ1n) is 5.59. The number of methoxy groups -OCH3 is 1. The zero-order valence-corrected chi connectivity index (χ0v) is 10.3. The van der Waals surface area contributed by atoms with Crippen molar-refractivity contribution in [2.45, 2.75) is 6.61 Å². The Hall–Kier alpha value is -2.58. The Labute approximate surface area is 110 Å². The Kier molecular flexibility index (Phi) is 3.96. The Bertz CT molecular complexity index is 620. The molecule has 0 aliphatic rings. The lowest BCUT2D eigenvalue weighted by Crippen LogP contribution is -1.95. The van der Waals surface area contributed by atoms with Crippen molar-refractivity contribution in [3.8, 4) is 23.4 Å². The monoisotopic (exact) mass is 256 g/mol. The summed E-state index contributed by atoms with van der Waals surface area (Å²) in [5.41, 5.74) is 1.06. The fourth-order valence-corrected chi connectivity index (χ4v) is 1.56. The Morgan fingerprint density at radius 1 is 1.32 bits per heavy atom. The number of hydrogen-bond donors (Lipinski definition) is 1. The standard InChI is InChI=1S/C14H12N2O3/c1-18-13-7-10(9-17)4-5-12(13)19-14-11(8-15)3-2-6-16-14/h2-7,17H,9H2,1H3. The first-order valence-corrected chi connectivity index (χ1v) is 5.59. The van der Waals surface area contributed by atoms with Crippen molar-refractivity contribution >= 4 is 0 Å². The first kappa shape index (κ1) is 12.9. The maximum Gasteiger partial charge on any atom is 0.237 e. The van der Waals surface area contributed by atoms with Crippen molar-refractivity contribution in [2.75, 3.05) is 7.11 Å². The van der Waals surface area contributed by atoms with Crippen molar-refractivity contribution < 1.29 is 14.6 Å². The predicted octanol–water partition coefficient (Wildman–Crippen LogP) is 2.25. The van der Waals surface area contributed by atoms with E-state index in [2.05, 4.69) is 4.98 Å². The van der Waals surface area contributed by atoms with E-state index in [1.54, 1.807) is 36.5 Å². The van der Waals surface area contributed by atoms with Gasteiger partial charge < -0.3 is 14.6 Å². The highest BCUT2D eigenvalue weighted by molar-refractivity contribution is 5.47. The van der Waals surface area contributed by atoms with Crippen LogP contribution in [-0.4, -0.2) is 17.2 Å². The maximum absolute atomic E-state index is 9.07. The number of rotatable bonds is 4. The van der Waals surface area contributed by atoms with Crippen LogP contribution < -0.4 is 9.47 Å². The van der Waals surface area contributed by atoms with Gasteiger partial charge in [0.1, 0.15) is 11.6 Å². The van der Waals surface area contributed by atoms with Gasteiger partial charge in [-0.15, -0.1) is 0 Å². The number of benzene rings is 1. The van der Waals surface area contributed by atoms with Gasteiger partial charge in [0.25, 0.3) is 0 Å². The topological polar surface area (TPSA) is 75.4 Å². The number of nitrogens with zero attached hydrogens (tertiary/aromatic N) is 2. The smallest absolute Gasteiger partial charge is 0.237 e. The minimum Gasteiger partial charge on any atom is -0.493 e. The second kappa shape index (κ2) is 5.85. The minimum atomic E-state index is -0.0797. The normalized spacial score (nSPS) is 9.74. The third kappa shape index (κ3) is 2.81. The molecule has 2 rings (SSSR count). The summed E-state index contributed by atoms with van der Waals surface area (Å²) < 4.78 is 10.8. The van der Waals surface area contributed by atoms with Gasteiger partial charge in [0.05, 0.1) is 13.7 Å². The van der Waals surface area contributed by atoms with Gasteiger partial charge in [-0.3, -0.25) is 0 Å². The molecule has 0 saturated heterocycles. The summed E-state index contributed by atoms with van der Waals surface area (Å²) in [4.78, 5) is 4.01. The van der Waals surface area contributed by atoms with Crippen molar-refractivity contribution in [1.82, 2.24) is 4.98 Å². The third-order valence-corrected chi connectivity index (χ3v) is 2.51. The number of nitriles is 1. The van der Waals surface area contributed by atoms with Crippen molar-refractivity contribution in [3.05, 3.63) is 47.7 Å². The van der Waals surface area contributed by atoms with Gasteiger partial charge in [-0.25, -0.2) is 4.98 Å². The third-order valence-electron chi connectivity index (χ3n) is 2.51. The van der Waals surface area contributed by atoms with Crippen LogP contribution in [0.3, 0.4) is 0 Å². The lowest BCUT2D eigenvalue weighted by molar-refractivity contribution is 0.280. The summed E-state index contributed by atoms with van der Waals surface area (Å²) in [5, 5.41) is 18.0. The van der Waals surface area contributed by atoms with E-state index in [-0.39, 0.29) is 12.5 Å². The lowest BCUT2D eigenvalue weighted by atomic mass is 10.2. The molecule has 5 heteroatoms. The molecule has 0 aliphatic carbocycles. The lowest BCUT2D eigenvalue weighted by Gasteiger charge is -2.11. The molecule has 0 amide bonds. The van der Waals surface area contributed by atoms with Crippen LogP contribution in [0.2, 0.25) is 0 Å². The number of aliphatic hydroxyl groups excluding tert-OH is 1. The van der Waals surface area contributed by atoms with Crippen LogP contribution in [0.5, 0.6) is 17.4 Å². The molecule has 0 fully saturated rings. The molecule has 0 unspecified atom stereocenters. The van der Waals surface area contributed by atoms with Crippen molar-refractivity contribution in [1.29, 1.82) is 5.26 Å². The second-order valence-corrected chi connectivity index (χ2v) is 3.71. The first-order chi connectivity index (χ1) is 9.28. The SMILES string of the molecule is COc1cc(CO)ccc1Oc1ncccc1C#N. The summed E-state index contributed by atoms with van der Waals surface area (Å²) in [6, 6.07) is 10.3. The predicted molar refractivity (Wildman–Crippen MR) is 67.9 cm³/mol. The number of pyridine rings is 1. The van der Waals surface area contributed by atoms with Gasteiger partial charge in [-0.2, -0.15) is 5.26 Å². The highest BCUT2D eigenvalue weighted by atomic mass is 16.5. The number of hydrogen-bond acceptors (Lipinski definition) is 5. The second-order valence-electron chi connectivity index (χ2n) is 3.71. The molecule has 0 atom stereocenters. The summed E-state index contributed by atoms with van der Waals surface area (Å²) in [6.45, 7) is -0.0797. The molecule has 19 heavy (non-hydrogen) atoms. The van der Waals surface area contributed by atoms with Gasteiger partial charge in [-0.1, -0.05) is 6.07 Å². The van der Waals surface area contributed by atoms with E-state index in [9.17, 15) is 0 Å². The zero-order chi connectivity index (χ0) is 13.7. The fraction of sp³-hybridized carbons (Fsp3) is 0.143. The van der Waals surface area contributed by atoms with Crippen LogP contribution in [0.4, 0.5) is 0 Å². The molecule has 2 aromatic rings. The molecule has 1 heterocycles. The summed E-state index contributed by atoms with van der Waals surface area (Å²) in [7, 11) is 1.51. The largest absolute Gasteiger partial charge is 0.493 e. The molecule has 96 valence electrons. The van der Waals surface area contributed by atoms with E-state index in [0.29, 0.717) is 22.6 Å². The van der Waals surface area contributed by atoms with Crippen LogP contribution >= 0.6 is 0 Å². The number of aromatic nitrogens is 1. The summed E-state index contributed by atoms with van der Waals surface area (Å²) in [6.07, 6.45) is 1.55. The highest BCUT2D eigenvalue weighted by Crippen LogP contribution is 2.32. The molecular weight excluding hydrogens is 244 g/mol. The van der Waals surface area contributed by atoms with Crippen LogP contribution in [0.15, 0.2) is 36.5 Å². The average molecular weight is 256 g/mol. The molecule has 1 aromatic heterocycles. The van der Waals surface area contributed by atoms with Crippen LogP contribution in [0.1, 0.15) is 11.1 Å². The van der Waals surface area contributed by atoms with E-state index in [4.69, 9.17) is 19.8 Å². The molecule has 0 spiro atoms. The molecule has 0 radical (unpaired) electrons. The zero-order valence-electron chi connectivity index (χ0n) is 10.3. The van der Waals surface area contributed by atoms with E-state index < -0.39 is 0 Å². The van der Waals surface area contributed by atoms with Crippen molar-refractivity contribution in [3.63, 3.8) is 0 Å². The van der Waals surface area contributed by atoms with Crippen LogP contribution in [-0.2, 0) is 6.61 Å². The number of ether oxygens (including phenoxy) is 2. The van der Waals surface area contributed by atoms with Crippen molar-refractivity contribution in [2.24, 2.45) is 0 Å². The van der Waals surface area contributed by atoms with Gasteiger partial charge in [0.2, 0.25) is 5.88 Å². The molecule has 5 nitrogen and oxygen atoms in total. The molecule has 1 aromatic carbocycles. The average Bonchev–Trinajstić information content (AvgIpc) is 2.48. The van der Waals surface area contributed by atoms with E-state index in [1.165, 1.54) is 7.11 Å². The molecule has 1 N–H and O–H groups in total. The van der Waals surface area contributed by atoms with E-state index >= 15 is 0 Å². The van der Waals surface area contributed by atoms with Crippen LogP contribution in [0, 0.1) is 11.3 Å². The van der Waals surface area contributed by atoms with Gasteiger partial charge in [0.15, 0.2) is 11.5 Å². The van der Waals surface area contributed by atoms with E-state index in [0.717, 1.165) is 0 Å². The Morgan fingerprint density at radius 3 is 2.84 bits per heavy atom. The van der Waals surface area contributed by atoms with Gasteiger partial charge >= 0.3 is 0 Å². The fourth-order valence-electron chi connectivity index (χ4n) is 1.56. The molecular formula is C14H12N2O3. The quantitative estimate of drug-likeness (QED) is 0.907. The minimum absolute atomic E-state index is 0.0797. The Balaban J connectivity index is 2.36. The molecule has 0 aliphatic heterocycles. The van der Waals surface area contributed by atoms with Crippen LogP contribution in [0.25, 0.3) is 0 Å². The maximum atomic E-state index is 9.07. The van der Waals surface area contributed by atoms with Gasteiger partial charge in [0, 0.05) is 6.20 Å². The Morgan fingerprint density at radius 2 is 2.16 bits per heavy atom. The molecule has 0 bridgehead atoms. The highest BCUT2D eigenvalue weighted by Gasteiger charge is 2.10.